The monoisotopic (exact) mass is 309 g/mol. The van der Waals surface area contributed by atoms with Crippen LogP contribution in [0.5, 0.6) is 0 Å². The molecular formula is C12H23NO8. The quantitative estimate of drug-likeness (QED) is 0.275. The molecule has 1 aliphatic heterocycles. The van der Waals surface area contributed by atoms with Gasteiger partial charge < -0.3 is 35.4 Å². The number of aliphatic hydroxyl groups is 5. The summed E-state index contributed by atoms with van der Waals surface area (Å²) in [4.78, 5) is 11.2. The molecule has 7 atom stereocenters. The van der Waals surface area contributed by atoms with Crippen molar-refractivity contribution in [3.63, 3.8) is 0 Å². The number of rotatable bonds is 6. The Morgan fingerprint density at radius 1 is 1.33 bits per heavy atom. The molecule has 1 aliphatic rings. The standard InChI is InChI=1S/C12H23NO8/c1-3-5(2)6(11(18)19)13-10-8(16)7(15)9(17)12(20,4-14)21-10/h5-10,13-17,20H,3-4H2,1-2H3,(H,18,19)/t5?,6?,7-,8+,9+,10?,12+/m1/s1. The first kappa shape index (κ1) is 18.2. The van der Waals surface area contributed by atoms with E-state index in [9.17, 15) is 30.3 Å². The molecule has 1 saturated heterocycles. The van der Waals surface area contributed by atoms with E-state index in [0.29, 0.717) is 6.42 Å². The van der Waals surface area contributed by atoms with Gasteiger partial charge in [0.25, 0.3) is 0 Å². The largest absolute Gasteiger partial charge is 0.480 e. The van der Waals surface area contributed by atoms with Gasteiger partial charge in [-0.25, -0.2) is 0 Å². The Morgan fingerprint density at radius 3 is 2.33 bits per heavy atom. The predicted molar refractivity (Wildman–Crippen MR) is 68.9 cm³/mol. The summed E-state index contributed by atoms with van der Waals surface area (Å²) in [5.74, 6) is -3.99. The second kappa shape index (κ2) is 6.97. The van der Waals surface area contributed by atoms with E-state index in [1.165, 1.54) is 0 Å². The maximum atomic E-state index is 11.2. The third-order valence-corrected chi connectivity index (χ3v) is 3.83. The van der Waals surface area contributed by atoms with E-state index < -0.39 is 48.9 Å². The lowest BCUT2D eigenvalue weighted by atomic mass is 9.93. The molecule has 9 heteroatoms. The van der Waals surface area contributed by atoms with Gasteiger partial charge in [-0.1, -0.05) is 20.3 Å². The molecule has 3 unspecified atom stereocenters. The van der Waals surface area contributed by atoms with E-state index in [0.717, 1.165) is 0 Å². The number of carboxylic acid groups (broad SMARTS) is 1. The lowest BCUT2D eigenvalue weighted by Crippen LogP contribution is -2.70. The number of nitrogens with one attached hydrogen (secondary N) is 1. The van der Waals surface area contributed by atoms with Crippen LogP contribution in [0.1, 0.15) is 20.3 Å². The summed E-state index contributed by atoms with van der Waals surface area (Å²) < 4.78 is 4.96. The highest BCUT2D eigenvalue weighted by molar-refractivity contribution is 5.73. The highest BCUT2D eigenvalue weighted by Gasteiger charge is 2.53. The molecule has 124 valence electrons. The Balaban J connectivity index is 2.92. The van der Waals surface area contributed by atoms with E-state index in [2.05, 4.69) is 5.32 Å². The second-order valence-electron chi connectivity index (χ2n) is 5.34. The third-order valence-electron chi connectivity index (χ3n) is 3.83. The normalized spacial score (nSPS) is 39.8. The van der Waals surface area contributed by atoms with Crippen molar-refractivity contribution < 1.29 is 40.2 Å². The second-order valence-corrected chi connectivity index (χ2v) is 5.34. The van der Waals surface area contributed by atoms with Crippen molar-refractivity contribution in [2.24, 2.45) is 5.92 Å². The van der Waals surface area contributed by atoms with Gasteiger partial charge in [-0.2, -0.15) is 0 Å². The minimum Gasteiger partial charge on any atom is -0.480 e. The molecule has 0 spiro atoms. The summed E-state index contributed by atoms with van der Waals surface area (Å²) in [7, 11) is 0. The van der Waals surface area contributed by atoms with Gasteiger partial charge in [0, 0.05) is 0 Å². The van der Waals surface area contributed by atoms with Crippen molar-refractivity contribution >= 4 is 5.97 Å². The maximum Gasteiger partial charge on any atom is 0.321 e. The highest BCUT2D eigenvalue weighted by Crippen LogP contribution is 2.27. The zero-order chi connectivity index (χ0) is 16.4. The SMILES string of the molecule is CCC(C)C(NC1O[C@@](O)(CO)[C@@H](O)[C@H](O)[C@@H]1O)C(=O)O. The number of aliphatic carboxylic acids is 1. The number of carbonyl (C=O) groups is 1. The van der Waals surface area contributed by atoms with Gasteiger partial charge in [0.15, 0.2) is 0 Å². The van der Waals surface area contributed by atoms with Crippen LogP contribution < -0.4 is 5.32 Å². The van der Waals surface area contributed by atoms with Gasteiger partial charge in [0.1, 0.15) is 30.6 Å². The molecule has 1 fully saturated rings. The Kier molecular flexibility index (Phi) is 6.05. The van der Waals surface area contributed by atoms with Crippen molar-refractivity contribution in [2.45, 2.75) is 56.6 Å². The first-order valence-corrected chi connectivity index (χ1v) is 6.72. The minimum absolute atomic E-state index is 0.315. The molecule has 0 aromatic heterocycles. The van der Waals surface area contributed by atoms with Crippen LogP contribution in [0.25, 0.3) is 0 Å². The van der Waals surface area contributed by atoms with Crippen molar-refractivity contribution in [2.75, 3.05) is 6.61 Å². The van der Waals surface area contributed by atoms with Crippen molar-refractivity contribution in [1.82, 2.24) is 5.32 Å². The molecule has 1 rings (SSSR count). The summed E-state index contributed by atoms with van der Waals surface area (Å²) in [6, 6.07) is -1.10. The zero-order valence-electron chi connectivity index (χ0n) is 11.9. The topological polar surface area (TPSA) is 160 Å². The fourth-order valence-electron chi connectivity index (χ4n) is 2.15. The van der Waals surface area contributed by atoms with Crippen molar-refractivity contribution in [1.29, 1.82) is 0 Å². The van der Waals surface area contributed by atoms with Crippen LogP contribution in [-0.2, 0) is 9.53 Å². The predicted octanol–water partition coefficient (Wildman–Crippen LogP) is -2.80. The fourth-order valence-corrected chi connectivity index (χ4v) is 2.15. The molecule has 0 radical (unpaired) electrons. The Morgan fingerprint density at radius 2 is 1.90 bits per heavy atom. The zero-order valence-corrected chi connectivity index (χ0v) is 11.9. The molecule has 7 N–H and O–H groups in total. The molecule has 0 aromatic carbocycles. The van der Waals surface area contributed by atoms with E-state index in [1.807, 2.05) is 0 Å². The molecule has 0 aliphatic carbocycles. The van der Waals surface area contributed by atoms with Crippen LogP contribution in [-0.4, -0.2) is 79.6 Å². The summed E-state index contributed by atoms with van der Waals surface area (Å²) in [6.07, 6.45) is -6.34. The highest BCUT2D eigenvalue weighted by atomic mass is 16.7. The average molecular weight is 309 g/mol. The first-order chi connectivity index (χ1) is 9.67. The molecule has 0 amide bonds. The maximum absolute atomic E-state index is 11.2. The lowest BCUT2D eigenvalue weighted by molar-refractivity contribution is -0.360. The smallest absolute Gasteiger partial charge is 0.321 e. The van der Waals surface area contributed by atoms with Crippen LogP contribution in [0.3, 0.4) is 0 Å². The van der Waals surface area contributed by atoms with Crippen LogP contribution >= 0.6 is 0 Å². The summed E-state index contributed by atoms with van der Waals surface area (Å²) in [5, 5.41) is 59.7. The molecule has 0 saturated carbocycles. The summed E-state index contributed by atoms with van der Waals surface area (Å²) in [5.41, 5.74) is 0. The minimum atomic E-state index is -2.49. The van der Waals surface area contributed by atoms with Crippen LogP contribution in [0, 0.1) is 5.92 Å². The third kappa shape index (κ3) is 3.69. The molecule has 9 nitrogen and oxygen atoms in total. The Bertz CT molecular complexity index is 367. The van der Waals surface area contributed by atoms with Gasteiger partial charge in [-0.15, -0.1) is 0 Å². The first-order valence-electron chi connectivity index (χ1n) is 6.72. The van der Waals surface area contributed by atoms with E-state index in [-0.39, 0.29) is 5.92 Å². The fraction of sp³-hybridized carbons (Fsp3) is 0.917. The molecular weight excluding hydrogens is 286 g/mol. The average Bonchev–Trinajstić information content (AvgIpc) is 2.46. The van der Waals surface area contributed by atoms with Crippen molar-refractivity contribution in [3.05, 3.63) is 0 Å². The molecule has 21 heavy (non-hydrogen) atoms. The van der Waals surface area contributed by atoms with E-state index in [1.54, 1.807) is 13.8 Å². The molecule has 0 bridgehead atoms. The van der Waals surface area contributed by atoms with Crippen LogP contribution in [0.4, 0.5) is 0 Å². The number of aliphatic hydroxyl groups excluding tert-OH is 4. The van der Waals surface area contributed by atoms with Gasteiger partial charge in [0.05, 0.1) is 6.61 Å². The van der Waals surface area contributed by atoms with Gasteiger partial charge in [-0.3, -0.25) is 10.1 Å². The lowest BCUT2D eigenvalue weighted by Gasteiger charge is -2.45. The Labute approximate surface area is 121 Å². The van der Waals surface area contributed by atoms with Crippen molar-refractivity contribution in [3.8, 4) is 0 Å². The number of ether oxygens (including phenoxy) is 1. The van der Waals surface area contributed by atoms with Gasteiger partial charge in [-0.05, 0) is 5.92 Å². The van der Waals surface area contributed by atoms with E-state index in [4.69, 9.17) is 9.84 Å². The van der Waals surface area contributed by atoms with Crippen LogP contribution in [0.2, 0.25) is 0 Å². The number of hydrogen-bond acceptors (Lipinski definition) is 8. The number of hydrogen-bond donors (Lipinski definition) is 7. The van der Waals surface area contributed by atoms with Gasteiger partial charge in [0.2, 0.25) is 5.79 Å². The van der Waals surface area contributed by atoms with Crippen LogP contribution in [0.15, 0.2) is 0 Å². The molecule has 1 heterocycles. The molecule has 0 aromatic rings. The van der Waals surface area contributed by atoms with E-state index >= 15 is 0 Å². The number of carboxylic acids is 1. The Hall–Kier alpha value is -0.810. The van der Waals surface area contributed by atoms with Gasteiger partial charge >= 0.3 is 5.97 Å². The summed E-state index contributed by atoms with van der Waals surface area (Å²) >= 11 is 0. The summed E-state index contributed by atoms with van der Waals surface area (Å²) in [6.45, 7) is 2.42.